The van der Waals surface area contributed by atoms with Crippen molar-refractivity contribution in [3.05, 3.63) is 22.4 Å². The summed E-state index contributed by atoms with van der Waals surface area (Å²) in [7, 11) is 0. The van der Waals surface area contributed by atoms with E-state index in [1.165, 1.54) is 0 Å². The summed E-state index contributed by atoms with van der Waals surface area (Å²) in [6, 6.07) is 3.43. The van der Waals surface area contributed by atoms with Crippen molar-refractivity contribution in [1.29, 1.82) is 0 Å². The van der Waals surface area contributed by atoms with Crippen molar-refractivity contribution >= 4 is 23.2 Å². The molecule has 0 aromatic carbocycles. The second-order valence-electron chi connectivity index (χ2n) is 5.94. The lowest BCUT2D eigenvalue weighted by molar-refractivity contribution is -0.140. The van der Waals surface area contributed by atoms with E-state index >= 15 is 0 Å². The van der Waals surface area contributed by atoms with E-state index in [1.54, 1.807) is 16.2 Å². The van der Waals surface area contributed by atoms with Crippen molar-refractivity contribution in [2.45, 2.75) is 32.7 Å². The van der Waals surface area contributed by atoms with E-state index in [0.717, 1.165) is 4.88 Å². The number of nitrogens with one attached hydrogen (secondary N) is 1. The third-order valence-corrected chi connectivity index (χ3v) is 4.45. The topological polar surface area (TPSA) is 58.6 Å². The molecule has 1 aliphatic heterocycles. The molecule has 0 bridgehead atoms. The number of ether oxygens (including phenoxy) is 1. The Morgan fingerprint density at radius 2 is 2.09 bits per heavy atom. The van der Waals surface area contributed by atoms with Crippen LogP contribution in [0.25, 0.3) is 0 Å². The average molecular weight is 324 g/mol. The predicted octanol–water partition coefficient (Wildman–Crippen LogP) is 1.68. The van der Waals surface area contributed by atoms with Gasteiger partial charge in [-0.1, -0.05) is 19.9 Å². The van der Waals surface area contributed by atoms with Crippen molar-refractivity contribution in [3.63, 3.8) is 0 Å². The third kappa shape index (κ3) is 5.10. The summed E-state index contributed by atoms with van der Waals surface area (Å²) in [5.74, 6) is 0.267. The summed E-state index contributed by atoms with van der Waals surface area (Å²) < 4.78 is 5.28. The maximum atomic E-state index is 12.6. The zero-order valence-electron chi connectivity index (χ0n) is 13.2. The first kappa shape index (κ1) is 17.0. The van der Waals surface area contributed by atoms with E-state index in [2.05, 4.69) is 19.2 Å². The highest BCUT2D eigenvalue weighted by molar-refractivity contribution is 7.10. The predicted molar refractivity (Wildman–Crippen MR) is 86.8 cm³/mol. The molecule has 1 fully saturated rings. The third-order valence-electron chi connectivity index (χ3n) is 3.58. The Labute approximate surface area is 135 Å². The SMILES string of the molecule is CC(C)C[C@H](NC(=O)Cc1cccs1)C(=O)N1CCOCC1. The van der Waals surface area contributed by atoms with Crippen LogP contribution in [0.2, 0.25) is 0 Å². The van der Waals surface area contributed by atoms with E-state index < -0.39 is 6.04 Å². The number of nitrogens with zero attached hydrogens (tertiary/aromatic N) is 1. The first-order valence-corrected chi connectivity index (χ1v) is 8.62. The van der Waals surface area contributed by atoms with Gasteiger partial charge >= 0.3 is 0 Å². The Balaban J connectivity index is 1.95. The summed E-state index contributed by atoms with van der Waals surface area (Å²) in [6.07, 6.45) is 0.995. The van der Waals surface area contributed by atoms with Crippen LogP contribution in [0.15, 0.2) is 17.5 Å². The molecule has 0 aliphatic carbocycles. The van der Waals surface area contributed by atoms with Gasteiger partial charge in [-0.15, -0.1) is 11.3 Å². The van der Waals surface area contributed by atoms with Gasteiger partial charge in [0.25, 0.3) is 0 Å². The van der Waals surface area contributed by atoms with Crippen LogP contribution in [-0.4, -0.2) is 49.1 Å². The van der Waals surface area contributed by atoms with E-state index in [-0.39, 0.29) is 11.8 Å². The summed E-state index contributed by atoms with van der Waals surface area (Å²) in [6.45, 7) is 6.48. The summed E-state index contributed by atoms with van der Waals surface area (Å²) in [4.78, 5) is 27.6. The number of hydrogen-bond donors (Lipinski definition) is 1. The molecule has 1 atom stereocenters. The van der Waals surface area contributed by atoms with Crippen LogP contribution in [0.5, 0.6) is 0 Å². The van der Waals surface area contributed by atoms with Crippen LogP contribution < -0.4 is 5.32 Å². The molecule has 22 heavy (non-hydrogen) atoms. The molecule has 1 saturated heterocycles. The van der Waals surface area contributed by atoms with Crippen molar-refractivity contribution < 1.29 is 14.3 Å². The van der Waals surface area contributed by atoms with Crippen molar-refractivity contribution in [3.8, 4) is 0 Å². The van der Waals surface area contributed by atoms with Gasteiger partial charge < -0.3 is 15.0 Å². The molecule has 2 rings (SSSR count). The Morgan fingerprint density at radius 3 is 2.68 bits per heavy atom. The molecule has 2 heterocycles. The maximum Gasteiger partial charge on any atom is 0.245 e. The molecule has 0 saturated carbocycles. The number of carbonyl (C=O) groups is 2. The minimum Gasteiger partial charge on any atom is -0.378 e. The molecular weight excluding hydrogens is 300 g/mol. The summed E-state index contributed by atoms with van der Waals surface area (Å²) >= 11 is 1.56. The van der Waals surface area contributed by atoms with Gasteiger partial charge in [0, 0.05) is 18.0 Å². The normalized spacial score (nSPS) is 16.6. The molecule has 122 valence electrons. The van der Waals surface area contributed by atoms with Crippen LogP contribution in [-0.2, 0) is 20.7 Å². The fourth-order valence-corrected chi connectivity index (χ4v) is 3.22. The zero-order valence-corrected chi connectivity index (χ0v) is 14.0. The van der Waals surface area contributed by atoms with Gasteiger partial charge in [-0.25, -0.2) is 0 Å². The van der Waals surface area contributed by atoms with Gasteiger partial charge in [0.1, 0.15) is 6.04 Å². The monoisotopic (exact) mass is 324 g/mol. The fraction of sp³-hybridized carbons (Fsp3) is 0.625. The molecule has 1 N–H and O–H groups in total. The van der Waals surface area contributed by atoms with Crippen LogP contribution in [0.1, 0.15) is 25.1 Å². The quantitative estimate of drug-likeness (QED) is 0.866. The molecule has 0 unspecified atom stereocenters. The molecule has 1 aromatic heterocycles. The minimum absolute atomic E-state index is 0.0107. The second kappa shape index (κ2) is 8.29. The number of rotatable bonds is 6. The second-order valence-corrected chi connectivity index (χ2v) is 6.98. The van der Waals surface area contributed by atoms with Crippen LogP contribution in [0.3, 0.4) is 0 Å². The highest BCUT2D eigenvalue weighted by Crippen LogP contribution is 2.12. The van der Waals surface area contributed by atoms with Crippen LogP contribution in [0.4, 0.5) is 0 Å². The Kier molecular flexibility index (Phi) is 6.39. The van der Waals surface area contributed by atoms with E-state index in [4.69, 9.17) is 4.74 Å². The maximum absolute atomic E-state index is 12.6. The van der Waals surface area contributed by atoms with Crippen molar-refractivity contribution in [2.75, 3.05) is 26.3 Å². The number of carbonyl (C=O) groups excluding carboxylic acids is 2. The zero-order chi connectivity index (χ0) is 15.9. The van der Waals surface area contributed by atoms with E-state index in [9.17, 15) is 9.59 Å². The highest BCUT2D eigenvalue weighted by atomic mass is 32.1. The van der Waals surface area contributed by atoms with E-state index in [1.807, 2.05) is 17.5 Å². The lowest BCUT2D eigenvalue weighted by Gasteiger charge is -2.31. The number of thiophene rings is 1. The van der Waals surface area contributed by atoms with Crippen LogP contribution >= 0.6 is 11.3 Å². The lowest BCUT2D eigenvalue weighted by Crippen LogP contribution is -2.52. The van der Waals surface area contributed by atoms with Crippen LogP contribution in [0, 0.1) is 5.92 Å². The standard InChI is InChI=1S/C16H24N2O3S/c1-12(2)10-14(16(20)18-5-7-21-8-6-18)17-15(19)11-13-4-3-9-22-13/h3-4,9,12,14H,5-8,10-11H2,1-2H3,(H,17,19)/t14-/m0/s1. The molecule has 2 amide bonds. The van der Waals surface area contributed by atoms with E-state index in [0.29, 0.717) is 45.1 Å². The Morgan fingerprint density at radius 1 is 1.36 bits per heavy atom. The number of amides is 2. The molecule has 1 aliphatic rings. The van der Waals surface area contributed by atoms with Gasteiger partial charge in [-0.2, -0.15) is 0 Å². The summed E-state index contributed by atoms with van der Waals surface area (Å²) in [5, 5.41) is 4.87. The number of morpholine rings is 1. The number of hydrogen-bond acceptors (Lipinski definition) is 4. The Hall–Kier alpha value is -1.40. The molecule has 6 heteroatoms. The van der Waals surface area contributed by atoms with Crippen molar-refractivity contribution in [2.24, 2.45) is 5.92 Å². The lowest BCUT2D eigenvalue weighted by atomic mass is 10.0. The highest BCUT2D eigenvalue weighted by Gasteiger charge is 2.27. The molecule has 5 nitrogen and oxygen atoms in total. The first-order chi connectivity index (χ1) is 10.6. The van der Waals surface area contributed by atoms with Gasteiger partial charge in [-0.05, 0) is 23.8 Å². The molecule has 0 radical (unpaired) electrons. The Bertz CT molecular complexity index is 482. The molecule has 1 aromatic rings. The van der Waals surface area contributed by atoms with Gasteiger partial charge in [0.05, 0.1) is 19.6 Å². The summed E-state index contributed by atoms with van der Waals surface area (Å²) in [5.41, 5.74) is 0. The first-order valence-electron chi connectivity index (χ1n) is 7.74. The van der Waals surface area contributed by atoms with Gasteiger partial charge in [0.15, 0.2) is 0 Å². The average Bonchev–Trinajstić information content (AvgIpc) is 2.99. The van der Waals surface area contributed by atoms with Crippen molar-refractivity contribution in [1.82, 2.24) is 10.2 Å². The smallest absolute Gasteiger partial charge is 0.245 e. The molecular formula is C16H24N2O3S. The van der Waals surface area contributed by atoms with Gasteiger partial charge in [-0.3, -0.25) is 9.59 Å². The largest absolute Gasteiger partial charge is 0.378 e. The van der Waals surface area contributed by atoms with Gasteiger partial charge in [0.2, 0.25) is 11.8 Å². The fourth-order valence-electron chi connectivity index (χ4n) is 2.51. The minimum atomic E-state index is -0.439. The molecule has 0 spiro atoms.